The van der Waals surface area contributed by atoms with Gasteiger partial charge >= 0.3 is 0 Å². The van der Waals surface area contributed by atoms with E-state index in [1.165, 1.54) is 12.1 Å². The first-order chi connectivity index (χ1) is 14.9. The van der Waals surface area contributed by atoms with E-state index in [1.54, 1.807) is 11.1 Å². The minimum Gasteiger partial charge on any atom is -0.338 e. The number of aromatic nitrogens is 1. The number of likely N-dealkylation sites (tertiary alicyclic amines) is 1. The standard InChI is InChI=1S/C22H22ClF2N5O/c23-17-12-15(4-5-18(17)24)21(31)30-10-7-22(25,8-11-30)14-26-13-16-2-1-3-19(28-16)20-6-9-27-29-20/h1-6,9,12,20,26H,7-8,10-11,13-14H2. The summed E-state index contributed by atoms with van der Waals surface area (Å²) < 4.78 is 28.5. The van der Waals surface area contributed by atoms with E-state index in [1.807, 2.05) is 24.3 Å². The molecular formula is C22H22ClF2N5O. The van der Waals surface area contributed by atoms with Crippen LogP contribution in [-0.4, -0.2) is 41.1 Å². The molecule has 1 unspecified atom stereocenters. The van der Waals surface area contributed by atoms with E-state index >= 15 is 4.39 Å². The van der Waals surface area contributed by atoms with Crippen molar-refractivity contribution in [3.8, 4) is 0 Å². The molecule has 1 N–H and O–H groups in total. The molecule has 9 heteroatoms. The molecule has 1 aromatic heterocycles. The predicted octanol–water partition coefficient (Wildman–Crippen LogP) is 4.63. The van der Waals surface area contributed by atoms with Gasteiger partial charge in [-0.3, -0.25) is 9.78 Å². The maximum atomic E-state index is 15.2. The van der Waals surface area contributed by atoms with Gasteiger partial charge in [0.05, 0.1) is 16.4 Å². The fourth-order valence-electron chi connectivity index (χ4n) is 3.70. The summed E-state index contributed by atoms with van der Waals surface area (Å²) >= 11 is 5.76. The Morgan fingerprint density at radius 2 is 2.06 bits per heavy atom. The molecule has 0 aliphatic carbocycles. The Balaban J connectivity index is 1.27. The lowest BCUT2D eigenvalue weighted by Gasteiger charge is -2.36. The smallest absolute Gasteiger partial charge is 0.253 e. The van der Waals surface area contributed by atoms with Crippen molar-refractivity contribution in [3.05, 3.63) is 76.5 Å². The largest absolute Gasteiger partial charge is 0.338 e. The van der Waals surface area contributed by atoms with Crippen molar-refractivity contribution < 1.29 is 13.6 Å². The number of halogens is 3. The zero-order valence-corrected chi connectivity index (χ0v) is 17.5. The highest BCUT2D eigenvalue weighted by Crippen LogP contribution is 2.28. The van der Waals surface area contributed by atoms with Gasteiger partial charge in [-0.1, -0.05) is 17.7 Å². The molecule has 1 atom stereocenters. The molecule has 4 rings (SSSR count). The summed E-state index contributed by atoms with van der Waals surface area (Å²) in [5.41, 5.74) is 0.507. The topological polar surface area (TPSA) is 70.0 Å². The summed E-state index contributed by atoms with van der Waals surface area (Å²) in [4.78, 5) is 18.7. The summed E-state index contributed by atoms with van der Waals surface area (Å²) in [5, 5.41) is 11.0. The van der Waals surface area contributed by atoms with Crippen molar-refractivity contribution in [3.63, 3.8) is 0 Å². The lowest BCUT2D eigenvalue weighted by atomic mass is 9.92. The molecule has 1 fully saturated rings. The third kappa shape index (κ3) is 5.14. The molecule has 31 heavy (non-hydrogen) atoms. The number of carbonyl (C=O) groups is 1. The van der Waals surface area contributed by atoms with E-state index in [0.717, 1.165) is 17.5 Å². The summed E-state index contributed by atoms with van der Waals surface area (Å²) in [7, 11) is 0. The van der Waals surface area contributed by atoms with Crippen LogP contribution in [0.15, 0.2) is 58.9 Å². The Labute approximate surface area is 184 Å². The fraction of sp³-hybridized carbons (Fsp3) is 0.364. The van der Waals surface area contributed by atoms with E-state index in [-0.39, 0.29) is 36.4 Å². The monoisotopic (exact) mass is 445 g/mol. The summed E-state index contributed by atoms with van der Waals surface area (Å²) in [6, 6.07) is 9.38. The van der Waals surface area contributed by atoms with Gasteiger partial charge in [0, 0.05) is 50.8 Å². The lowest BCUT2D eigenvalue weighted by Crippen LogP contribution is -2.48. The van der Waals surface area contributed by atoms with E-state index < -0.39 is 11.5 Å². The van der Waals surface area contributed by atoms with Crippen LogP contribution in [0.25, 0.3) is 0 Å². The van der Waals surface area contributed by atoms with Gasteiger partial charge in [0.25, 0.3) is 5.91 Å². The lowest BCUT2D eigenvalue weighted by molar-refractivity contribution is 0.0434. The number of nitrogens with zero attached hydrogens (tertiary/aromatic N) is 4. The molecule has 1 saturated heterocycles. The number of alkyl halides is 1. The molecule has 2 aromatic rings. The van der Waals surface area contributed by atoms with Gasteiger partial charge in [-0.25, -0.2) is 8.78 Å². The van der Waals surface area contributed by atoms with E-state index in [9.17, 15) is 9.18 Å². The average molecular weight is 446 g/mol. The SMILES string of the molecule is O=C(c1ccc(F)c(Cl)c1)N1CCC(F)(CNCc2cccc(C3C=CN=N3)n2)CC1. The van der Waals surface area contributed by atoms with Crippen LogP contribution < -0.4 is 5.32 Å². The Morgan fingerprint density at radius 1 is 1.26 bits per heavy atom. The molecule has 0 spiro atoms. The van der Waals surface area contributed by atoms with Gasteiger partial charge in [0.15, 0.2) is 0 Å². The first kappa shape index (κ1) is 21.5. The maximum absolute atomic E-state index is 15.2. The quantitative estimate of drug-likeness (QED) is 0.704. The second-order valence-electron chi connectivity index (χ2n) is 7.75. The highest BCUT2D eigenvalue weighted by Gasteiger charge is 2.36. The minimum atomic E-state index is -1.41. The Hall–Kier alpha value is -2.71. The van der Waals surface area contributed by atoms with Gasteiger partial charge in [0.1, 0.15) is 17.5 Å². The van der Waals surface area contributed by atoms with Crippen molar-refractivity contribution in [2.45, 2.75) is 31.1 Å². The number of benzene rings is 1. The second-order valence-corrected chi connectivity index (χ2v) is 8.15. The van der Waals surface area contributed by atoms with Gasteiger partial charge < -0.3 is 10.2 Å². The Kier molecular flexibility index (Phi) is 6.38. The summed E-state index contributed by atoms with van der Waals surface area (Å²) in [6.07, 6.45) is 3.96. The number of amides is 1. The minimum absolute atomic E-state index is 0.100. The normalized spacial score (nSPS) is 19.7. The zero-order chi connectivity index (χ0) is 21.8. The third-order valence-electron chi connectivity index (χ3n) is 5.52. The average Bonchev–Trinajstić information content (AvgIpc) is 3.31. The number of carbonyl (C=O) groups excluding carboxylic acids is 1. The van der Waals surface area contributed by atoms with Crippen molar-refractivity contribution in [2.24, 2.45) is 10.2 Å². The predicted molar refractivity (Wildman–Crippen MR) is 113 cm³/mol. The number of piperidine rings is 1. The van der Waals surface area contributed by atoms with Crippen LogP contribution in [0.4, 0.5) is 8.78 Å². The van der Waals surface area contributed by atoms with Crippen LogP contribution in [0, 0.1) is 5.82 Å². The molecule has 6 nitrogen and oxygen atoms in total. The van der Waals surface area contributed by atoms with Crippen LogP contribution in [0.3, 0.4) is 0 Å². The number of hydrogen-bond acceptors (Lipinski definition) is 5. The van der Waals surface area contributed by atoms with Crippen molar-refractivity contribution in [1.29, 1.82) is 0 Å². The van der Waals surface area contributed by atoms with Crippen molar-refractivity contribution >= 4 is 17.5 Å². The Bertz CT molecular complexity index is 1010. The molecule has 2 aliphatic rings. The van der Waals surface area contributed by atoms with Crippen molar-refractivity contribution in [2.75, 3.05) is 19.6 Å². The first-order valence-corrected chi connectivity index (χ1v) is 10.5. The maximum Gasteiger partial charge on any atom is 0.253 e. The first-order valence-electron chi connectivity index (χ1n) is 10.1. The van der Waals surface area contributed by atoms with Gasteiger partial charge in [-0.2, -0.15) is 10.2 Å². The third-order valence-corrected chi connectivity index (χ3v) is 5.81. The van der Waals surface area contributed by atoms with Crippen molar-refractivity contribution in [1.82, 2.24) is 15.2 Å². The molecule has 0 saturated carbocycles. The molecule has 1 aromatic carbocycles. The van der Waals surface area contributed by atoms with Crippen LogP contribution in [-0.2, 0) is 6.54 Å². The van der Waals surface area contributed by atoms with Gasteiger partial charge in [-0.05, 0) is 36.4 Å². The molecule has 0 bridgehead atoms. The molecule has 1 amide bonds. The van der Waals surface area contributed by atoms with E-state index in [4.69, 9.17) is 11.6 Å². The molecule has 0 radical (unpaired) electrons. The highest BCUT2D eigenvalue weighted by molar-refractivity contribution is 6.31. The molecule has 162 valence electrons. The van der Waals surface area contributed by atoms with Gasteiger partial charge in [0.2, 0.25) is 0 Å². The summed E-state index contributed by atoms with van der Waals surface area (Å²) in [6.45, 7) is 1.19. The molecule has 2 aliphatic heterocycles. The number of nitrogens with one attached hydrogen (secondary N) is 1. The summed E-state index contributed by atoms with van der Waals surface area (Å²) in [5.74, 6) is -0.842. The van der Waals surface area contributed by atoms with Crippen LogP contribution in [0.1, 0.15) is 40.6 Å². The molecular weight excluding hydrogens is 424 g/mol. The van der Waals surface area contributed by atoms with Crippen LogP contribution in [0.2, 0.25) is 5.02 Å². The fourth-order valence-corrected chi connectivity index (χ4v) is 3.88. The van der Waals surface area contributed by atoms with Crippen LogP contribution >= 0.6 is 11.6 Å². The van der Waals surface area contributed by atoms with E-state index in [0.29, 0.717) is 25.2 Å². The molecule has 3 heterocycles. The zero-order valence-electron chi connectivity index (χ0n) is 16.8. The van der Waals surface area contributed by atoms with E-state index in [2.05, 4.69) is 20.5 Å². The number of pyridine rings is 1. The van der Waals surface area contributed by atoms with Gasteiger partial charge in [-0.15, -0.1) is 0 Å². The number of azo groups is 1. The van der Waals surface area contributed by atoms with Crippen LogP contribution in [0.5, 0.6) is 0 Å². The highest BCUT2D eigenvalue weighted by atomic mass is 35.5. The number of hydrogen-bond donors (Lipinski definition) is 1. The second kappa shape index (κ2) is 9.20. The number of rotatable bonds is 6. The Morgan fingerprint density at radius 3 is 2.77 bits per heavy atom.